The van der Waals surface area contributed by atoms with Crippen LogP contribution in [0.3, 0.4) is 0 Å². The van der Waals surface area contributed by atoms with Gasteiger partial charge in [-0.3, -0.25) is 15.1 Å². The number of pyridine rings is 1. The molecule has 0 saturated heterocycles. The van der Waals surface area contributed by atoms with Crippen molar-refractivity contribution >= 4 is 45.1 Å². The number of nitrogens with zero attached hydrogens (tertiary/aromatic N) is 4. The van der Waals surface area contributed by atoms with Crippen LogP contribution in [-0.2, 0) is 6.61 Å². The molecule has 3 heterocycles. The van der Waals surface area contributed by atoms with Gasteiger partial charge in [0.05, 0.1) is 5.56 Å². The molecule has 0 bridgehead atoms. The van der Waals surface area contributed by atoms with Gasteiger partial charge in [-0.2, -0.15) is 0 Å². The van der Waals surface area contributed by atoms with Crippen molar-refractivity contribution in [3.05, 3.63) is 83.5 Å². The molecule has 0 spiro atoms. The molecule has 0 unspecified atom stereocenters. The third-order valence-corrected chi connectivity index (χ3v) is 5.62. The maximum Gasteiger partial charge on any atom is 0.296 e. The molecule has 1 amide bonds. The zero-order chi connectivity index (χ0) is 21.9. The fraction of sp³-hybridized carbons (Fsp3) is 0.0455. The summed E-state index contributed by atoms with van der Waals surface area (Å²) in [7, 11) is 0. The minimum absolute atomic E-state index is 0.315. The second kappa shape index (κ2) is 8.74. The lowest BCUT2D eigenvalue weighted by molar-refractivity contribution is 0.102. The number of nitrogens with one attached hydrogen (secondary N) is 1. The summed E-state index contributed by atoms with van der Waals surface area (Å²) in [5.41, 5.74) is 3.99. The van der Waals surface area contributed by atoms with Gasteiger partial charge < -0.3 is 9.15 Å². The number of benzene rings is 2. The van der Waals surface area contributed by atoms with E-state index in [1.165, 1.54) is 6.39 Å². The van der Waals surface area contributed by atoms with E-state index in [2.05, 4.69) is 25.5 Å². The molecule has 2 aromatic carbocycles. The number of halogens is 1. The summed E-state index contributed by atoms with van der Waals surface area (Å²) in [5, 5.41) is 12.1. The zero-order valence-corrected chi connectivity index (χ0v) is 17.9. The van der Waals surface area contributed by atoms with E-state index < -0.39 is 0 Å². The molecular weight excluding hydrogens is 450 g/mol. The fourth-order valence-electron chi connectivity index (χ4n) is 3.11. The Hall–Kier alpha value is -3.82. The lowest BCUT2D eigenvalue weighted by Gasteiger charge is -2.08. The van der Waals surface area contributed by atoms with Crippen molar-refractivity contribution in [2.24, 2.45) is 0 Å². The van der Waals surface area contributed by atoms with Crippen molar-refractivity contribution in [3.8, 4) is 16.3 Å². The fourth-order valence-corrected chi connectivity index (χ4v) is 3.83. The van der Waals surface area contributed by atoms with Gasteiger partial charge >= 0.3 is 0 Å². The number of oxazole rings is 1. The van der Waals surface area contributed by atoms with Gasteiger partial charge in [0.25, 0.3) is 11.1 Å². The smallest absolute Gasteiger partial charge is 0.296 e. The topological polar surface area (TPSA) is 103 Å². The summed E-state index contributed by atoms with van der Waals surface area (Å²) >= 11 is 7.03. The molecule has 3 aromatic heterocycles. The highest BCUT2D eigenvalue weighted by molar-refractivity contribution is 7.17. The maximum atomic E-state index is 13.0. The number of anilines is 1. The first kappa shape index (κ1) is 20.1. The molecule has 158 valence electrons. The highest BCUT2D eigenvalue weighted by Crippen LogP contribution is 2.31. The van der Waals surface area contributed by atoms with Crippen LogP contribution < -0.4 is 10.1 Å². The van der Waals surface area contributed by atoms with Crippen molar-refractivity contribution in [1.29, 1.82) is 0 Å². The number of hydrogen-bond donors (Lipinski definition) is 1. The third kappa shape index (κ3) is 4.16. The Morgan fingerprint density at radius 1 is 1.09 bits per heavy atom. The molecule has 0 fully saturated rings. The largest absolute Gasteiger partial charge is 0.464 e. The summed E-state index contributed by atoms with van der Waals surface area (Å²) in [6.45, 7) is 0.315. The first-order valence-electron chi connectivity index (χ1n) is 9.46. The maximum absolute atomic E-state index is 13.0. The summed E-state index contributed by atoms with van der Waals surface area (Å²) in [5.74, 6) is -0.348. The van der Waals surface area contributed by atoms with Gasteiger partial charge in [0, 0.05) is 28.5 Å². The Bertz CT molecular complexity index is 1400. The molecular formula is C22H14ClN5O3S. The second-order valence-corrected chi connectivity index (χ2v) is 8.05. The monoisotopic (exact) mass is 463 g/mol. The summed E-state index contributed by atoms with van der Waals surface area (Å²) in [4.78, 5) is 21.3. The summed E-state index contributed by atoms with van der Waals surface area (Å²) in [6.07, 6.45) is 4.55. The standard InChI is InChI=1S/C22H14ClN5O3S/c23-14-6-4-13(5-7-14)11-30-22-28-27-21(32-22)26-20(29)16-8-9-24-10-17(16)15-2-1-3-18-19(15)31-12-25-18/h1-10,12H,11H2,(H,26,27,29). The zero-order valence-electron chi connectivity index (χ0n) is 16.4. The number of fused-ring (bicyclic) bond motifs is 1. The van der Waals surface area contributed by atoms with E-state index >= 15 is 0 Å². The Balaban J connectivity index is 1.33. The molecule has 8 nitrogen and oxygen atoms in total. The number of amides is 1. The lowest BCUT2D eigenvalue weighted by Crippen LogP contribution is -2.13. The van der Waals surface area contributed by atoms with Gasteiger partial charge in [0.2, 0.25) is 5.13 Å². The van der Waals surface area contributed by atoms with Crippen molar-refractivity contribution in [2.45, 2.75) is 6.61 Å². The van der Waals surface area contributed by atoms with Crippen molar-refractivity contribution in [3.63, 3.8) is 0 Å². The second-order valence-electron chi connectivity index (χ2n) is 6.67. The van der Waals surface area contributed by atoms with Crippen LogP contribution in [-0.4, -0.2) is 26.1 Å². The van der Waals surface area contributed by atoms with Crippen molar-refractivity contribution < 1.29 is 13.9 Å². The normalized spacial score (nSPS) is 10.9. The van der Waals surface area contributed by atoms with E-state index in [1.54, 1.807) is 30.6 Å². The number of aromatic nitrogens is 4. The quantitative estimate of drug-likeness (QED) is 0.368. The third-order valence-electron chi connectivity index (χ3n) is 4.61. The molecule has 0 saturated carbocycles. The van der Waals surface area contributed by atoms with Crippen LogP contribution in [0.2, 0.25) is 5.02 Å². The molecule has 32 heavy (non-hydrogen) atoms. The van der Waals surface area contributed by atoms with Gasteiger partial charge in [0.15, 0.2) is 12.0 Å². The Morgan fingerprint density at radius 2 is 1.97 bits per heavy atom. The van der Waals surface area contributed by atoms with Crippen molar-refractivity contribution in [1.82, 2.24) is 20.2 Å². The molecule has 0 atom stereocenters. The molecule has 0 radical (unpaired) electrons. The molecule has 0 aliphatic carbocycles. The molecule has 1 N–H and O–H groups in total. The lowest BCUT2D eigenvalue weighted by atomic mass is 10.0. The van der Waals surface area contributed by atoms with Crippen LogP contribution in [0.15, 0.2) is 71.7 Å². The van der Waals surface area contributed by atoms with Crippen LogP contribution in [0.25, 0.3) is 22.2 Å². The minimum atomic E-state index is -0.348. The molecule has 10 heteroatoms. The predicted molar refractivity (Wildman–Crippen MR) is 121 cm³/mol. The number of rotatable bonds is 6. The Morgan fingerprint density at radius 3 is 2.84 bits per heavy atom. The van der Waals surface area contributed by atoms with Gasteiger partial charge in [0.1, 0.15) is 12.1 Å². The SMILES string of the molecule is O=C(Nc1nnc(OCc2ccc(Cl)cc2)s1)c1ccncc1-c1cccc2ncoc12. The van der Waals surface area contributed by atoms with Crippen molar-refractivity contribution in [2.75, 3.05) is 5.32 Å². The Kier molecular flexibility index (Phi) is 5.49. The van der Waals surface area contributed by atoms with Crippen LogP contribution in [0.4, 0.5) is 5.13 Å². The highest BCUT2D eigenvalue weighted by Gasteiger charge is 2.18. The number of hydrogen-bond acceptors (Lipinski definition) is 8. The average Bonchev–Trinajstić information content (AvgIpc) is 3.48. The van der Waals surface area contributed by atoms with E-state index in [9.17, 15) is 4.79 Å². The van der Waals surface area contributed by atoms with E-state index in [-0.39, 0.29) is 5.91 Å². The van der Waals surface area contributed by atoms with Crippen LogP contribution in [0, 0.1) is 0 Å². The van der Waals surface area contributed by atoms with E-state index in [0.717, 1.165) is 22.5 Å². The number of carbonyl (C=O) groups is 1. The number of ether oxygens (including phenoxy) is 1. The van der Waals surface area contributed by atoms with Gasteiger partial charge in [-0.25, -0.2) is 4.98 Å². The number of para-hydroxylation sites is 1. The van der Waals surface area contributed by atoms with Gasteiger partial charge in [-0.05, 0) is 41.2 Å². The van der Waals surface area contributed by atoms with Crippen LogP contribution in [0.5, 0.6) is 5.19 Å². The highest BCUT2D eigenvalue weighted by atomic mass is 35.5. The van der Waals surface area contributed by atoms with Gasteiger partial charge in [-0.1, -0.05) is 41.0 Å². The van der Waals surface area contributed by atoms with E-state index in [4.69, 9.17) is 20.8 Å². The van der Waals surface area contributed by atoms with Crippen LogP contribution in [0.1, 0.15) is 15.9 Å². The average molecular weight is 464 g/mol. The first-order valence-corrected chi connectivity index (χ1v) is 10.7. The van der Waals surface area contributed by atoms with E-state index in [1.807, 2.05) is 30.3 Å². The molecule has 0 aliphatic heterocycles. The first-order chi connectivity index (χ1) is 15.7. The summed E-state index contributed by atoms with van der Waals surface area (Å²) < 4.78 is 11.2. The molecule has 5 rings (SSSR count). The summed E-state index contributed by atoms with van der Waals surface area (Å²) in [6, 6.07) is 14.5. The molecule has 5 aromatic rings. The van der Waals surface area contributed by atoms with Gasteiger partial charge in [-0.15, -0.1) is 5.10 Å². The Labute approximate surface area is 190 Å². The number of carbonyl (C=O) groups excluding carboxylic acids is 1. The predicted octanol–water partition coefficient (Wildman–Crippen LogP) is 5.23. The van der Waals surface area contributed by atoms with Crippen LogP contribution >= 0.6 is 22.9 Å². The van der Waals surface area contributed by atoms with E-state index in [0.29, 0.717) is 44.2 Å². The molecule has 0 aliphatic rings. The minimum Gasteiger partial charge on any atom is -0.464 e.